The van der Waals surface area contributed by atoms with Gasteiger partial charge in [0.25, 0.3) is 0 Å². The van der Waals surface area contributed by atoms with E-state index in [-0.39, 0.29) is 5.82 Å². The van der Waals surface area contributed by atoms with Crippen LogP contribution in [0, 0.1) is 26.6 Å². The van der Waals surface area contributed by atoms with E-state index in [2.05, 4.69) is 59.9 Å². The molecule has 6 heteroatoms. The quantitative estimate of drug-likeness (QED) is 0.346. The fraction of sp³-hybridized carbons (Fsp3) is 0.154. The Balaban J connectivity index is 1.62. The Labute approximate surface area is 185 Å². The molecule has 0 fully saturated rings. The molecule has 0 amide bonds. The predicted octanol–water partition coefficient (Wildman–Crippen LogP) is 6.55. The van der Waals surface area contributed by atoms with Crippen molar-refractivity contribution >= 4 is 22.4 Å². The highest BCUT2D eigenvalue weighted by Gasteiger charge is 2.16. The Morgan fingerprint density at radius 1 is 0.938 bits per heavy atom. The van der Waals surface area contributed by atoms with Crippen molar-refractivity contribution in [2.75, 3.05) is 5.32 Å². The molecule has 0 saturated heterocycles. The molecular formula is C26H23FN4O. The first-order valence-corrected chi connectivity index (χ1v) is 10.5. The lowest BCUT2D eigenvalue weighted by atomic mass is 10.0. The molecule has 0 aliphatic heterocycles. The van der Waals surface area contributed by atoms with Crippen LogP contribution in [0.5, 0.6) is 0 Å². The van der Waals surface area contributed by atoms with Gasteiger partial charge in [-0.15, -0.1) is 0 Å². The lowest BCUT2D eigenvalue weighted by Crippen LogP contribution is -2.02. The van der Waals surface area contributed by atoms with Crippen LogP contribution in [-0.2, 0) is 6.54 Å². The first kappa shape index (κ1) is 20.0. The van der Waals surface area contributed by atoms with Crippen LogP contribution in [0.15, 0.2) is 71.3 Å². The molecule has 32 heavy (non-hydrogen) atoms. The van der Waals surface area contributed by atoms with Crippen molar-refractivity contribution in [3.8, 4) is 11.1 Å². The highest BCUT2D eigenvalue weighted by molar-refractivity contribution is 5.95. The Morgan fingerprint density at radius 2 is 1.69 bits per heavy atom. The average Bonchev–Trinajstić information content (AvgIpc) is 3.30. The summed E-state index contributed by atoms with van der Waals surface area (Å²) < 4.78 is 20.7. The van der Waals surface area contributed by atoms with Gasteiger partial charge in [-0.2, -0.15) is 5.10 Å². The first-order chi connectivity index (χ1) is 15.5. The Morgan fingerprint density at radius 3 is 2.38 bits per heavy atom. The third-order valence-corrected chi connectivity index (χ3v) is 5.63. The number of nitrogens with one attached hydrogen (secondary N) is 1. The summed E-state index contributed by atoms with van der Waals surface area (Å²) in [5.74, 6) is 1.24. The van der Waals surface area contributed by atoms with E-state index in [0.29, 0.717) is 6.54 Å². The van der Waals surface area contributed by atoms with E-state index in [1.165, 1.54) is 17.7 Å². The van der Waals surface area contributed by atoms with Gasteiger partial charge in [0.15, 0.2) is 5.82 Å². The maximum Gasteiger partial charge on any atom is 0.160 e. The lowest BCUT2D eigenvalue weighted by molar-refractivity contribution is 0.393. The third kappa shape index (κ3) is 3.75. The molecule has 0 saturated carbocycles. The van der Waals surface area contributed by atoms with Crippen LogP contribution in [0.2, 0.25) is 0 Å². The molecule has 5 aromatic rings. The molecule has 0 atom stereocenters. The molecule has 160 valence electrons. The van der Waals surface area contributed by atoms with Crippen molar-refractivity contribution < 1.29 is 8.91 Å². The SMILES string of the molecule is Cc1ccc(Cn2nc(Nc3ccc(F)cc3)c3ccc(-c4c(C)noc4C)cc32)cc1. The summed E-state index contributed by atoms with van der Waals surface area (Å²) in [4.78, 5) is 0. The van der Waals surface area contributed by atoms with Gasteiger partial charge >= 0.3 is 0 Å². The normalized spacial score (nSPS) is 11.2. The number of fused-ring (bicyclic) bond motifs is 1. The highest BCUT2D eigenvalue weighted by atomic mass is 19.1. The van der Waals surface area contributed by atoms with E-state index < -0.39 is 0 Å². The smallest absolute Gasteiger partial charge is 0.160 e. The van der Waals surface area contributed by atoms with Gasteiger partial charge in [-0.05, 0) is 68.3 Å². The summed E-state index contributed by atoms with van der Waals surface area (Å²) in [6.45, 7) is 6.58. The van der Waals surface area contributed by atoms with E-state index in [4.69, 9.17) is 9.62 Å². The van der Waals surface area contributed by atoms with Gasteiger partial charge in [0.2, 0.25) is 0 Å². The number of hydrogen-bond acceptors (Lipinski definition) is 4. The largest absolute Gasteiger partial charge is 0.361 e. The zero-order valence-corrected chi connectivity index (χ0v) is 18.2. The fourth-order valence-electron chi connectivity index (χ4n) is 3.97. The number of hydrogen-bond donors (Lipinski definition) is 1. The standard InChI is InChI=1S/C26H23FN4O/c1-16-4-6-19(7-5-16)15-31-24-14-20(25-17(2)30-32-18(25)3)8-13-23(24)26(29-31)28-22-11-9-21(27)10-12-22/h4-14H,15H2,1-3H3,(H,28,29). The van der Waals surface area contributed by atoms with Crippen LogP contribution in [0.25, 0.3) is 22.0 Å². The topological polar surface area (TPSA) is 55.9 Å². The number of nitrogens with zero attached hydrogens (tertiary/aromatic N) is 3. The monoisotopic (exact) mass is 426 g/mol. The zero-order chi connectivity index (χ0) is 22.2. The summed E-state index contributed by atoms with van der Waals surface area (Å²) in [5, 5.41) is 13.3. The number of halogens is 1. The minimum absolute atomic E-state index is 0.269. The summed E-state index contributed by atoms with van der Waals surface area (Å²) >= 11 is 0. The first-order valence-electron chi connectivity index (χ1n) is 10.5. The minimum Gasteiger partial charge on any atom is -0.361 e. The second-order valence-electron chi connectivity index (χ2n) is 8.05. The Hall–Kier alpha value is -3.93. The van der Waals surface area contributed by atoms with E-state index in [1.54, 1.807) is 12.1 Å². The lowest BCUT2D eigenvalue weighted by Gasteiger charge is -2.06. The zero-order valence-electron chi connectivity index (χ0n) is 18.2. The second kappa shape index (κ2) is 7.96. The van der Waals surface area contributed by atoms with E-state index in [1.807, 2.05) is 18.5 Å². The predicted molar refractivity (Wildman–Crippen MR) is 125 cm³/mol. The van der Waals surface area contributed by atoms with Crippen LogP contribution < -0.4 is 5.32 Å². The molecule has 0 aliphatic rings. The van der Waals surface area contributed by atoms with E-state index >= 15 is 0 Å². The third-order valence-electron chi connectivity index (χ3n) is 5.63. The van der Waals surface area contributed by atoms with E-state index in [0.717, 1.165) is 50.6 Å². The minimum atomic E-state index is -0.269. The average molecular weight is 426 g/mol. The van der Waals surface area contributed by atoms with Gasteiger partial charge in [0.05, 0.1) is 17.8 Å². The molecule has 3 aromatic carbocycles. The molecule has 0 unspecified atom stereocenters. The summed E-state index contributed by atoms with van der Waals surface area (Å²) in [6.07, 6.45) is 0. The molecule has 2 aromatic heterocycles. The molecule has 2 heterocycles. The summed E-state index contributed by atoms with van der Waals surface area (Å²) in [7, 11) is 0. The maximum atomic E-state index is 13.3. The van der Waals surface area contributed by atoms with Crippen LogP contribution in [0.3, 0.4) is 0 Å². The number of aryl methyl sites for hydroxylation is 3. The highest BCUT2D eigenvalue weighted by Crippen LogP contribution is 2.33. The molecule has 5 nitrogen and oxygen atoms in total. The van der Waals surface area contributed by atoms with Gasteiger partial charge in [0, 0.05) is 16.6 Å². The number of benzene rings is 3. The van der Waals surface area contributed by atoms with Gasteiger partial charge in [-0.1, -0.05) is 41.1 Å². The molecule has 0 radical (unpaired) electrons. The Bertz CT molecular complexity index is 1380. The fourth-order valence-corrected chi connectivity index (χ4v) is 3.97. The second-order valence-corrected chi connectivity index (χ2v) is 8.05. The van der Waals surface area contributed by atoms with Crippen LogP contribution in [-0.4, -0.2) is 14.9 Å². The Kier molecular flexibility index (Phi) is 4.98. The van der Waals surface area contributed by atoms with Crippen molar-refractivity contribution in [3.05, 3.63) is 95.1 Å². The number of rotatable bonds is 5. The van der Waals surface area contributed by atoms with Gasteiger partial charge < -0.3 is 9.84 Å². The van der Waals surface area contributed by atoms with Crippen molar-refractivity contribution in [1.29, 1.82) is 0 Å². The molecular weight excluding hydrogens is 403 g/mol. The van der Waals surface area contributed by atoms with Gasteiger partial charge in [-0.3, -0.25) is 4.68 Å². The molecule has 5 rings (SSSR count). The van der Waals surface area contributed by atoms with Crippen LogP contribution in [0.4, 0.5) is 15.9 Å². The van der Waals surface area contributed by atoms with Crippen molar-refractivity contribution in [1.82, 2.24) is 14.9 Å². The number of aromatic nitrogens is 3. The van der Waals surface area contributed by atoms with E-state index in [9.17, 15) is 4.39 Å². The summed E-state index contributed by atoms with van der Waals surface area (Å²) in [6, 6.07) is 21.0. The maximum absolute atomic E-state index is 13.3. The molecule has 0 aliphatic carbocycles. The van der Waals surface area contributed by atoms with Crippen molar-refractivity contribution in [2.24, 2.45) is 0 Å². The molecule has 1 N–H and O–H groups in total. The van der Waals surface area contributed by atoms with Gasteiger partial charge in [-0.25, -0.2) is 4.39 Å². The number of anilines is 2. The summed E-state index contributed by atoms with van der Waals surface area (Å²) in [5.41, 5.74) is 7.05. The van der Waals surface area contributed by atoms with Crippen molar-refractivity contribution in [3.63, 3.8) is 0 Å². The van der Waals surface area contributed by atoms with Crippen LogP contribution in [0.1, 0.15) is 22.6 Å². The molecule has 0 bridgehead atoms. The van der Waals surface area contributed by atoms with Crippen molar-refractivity contribution in [2.45, 2.75) is 27.3 Å². The molecule has 0 spiro atoms. The van der Waals surface area contributed by atoms with Gasteiger partial charge in [0.1, 0.15) is 11.6 Å². The van der Waals surface area contributed by atoms with Crippen LogP contribution >= 0.6 is 0 Å².